The van der Waals surface area contributed by atoms with E-state index in [9.17, 15) is 0 Å². The van der Waals surface area contributed by atoms with Crippen LogP contribution in [0.2, 0.25) is 0 Å². The monoisotopic (exact) mass is 222 g/mol. The minimum Gasteiger partial charge on any atom is -0.103 e. The number of rotatable bonds is 5. The van der Waals surface area contributed by atoms with Crippen molar-refractivity contribution < 1.29 is 0 Å². The summed E-state index contributed by atoms with van der Waals surface area (Å²) in [6.45, 7) is 13.6. The Morgan fingerprint density at radius 2 is 2.00 bits per heavy atom. The van der Waals surface area contributed by atoms with Gasteiger partial charge in [0.2, 0.25) is 0 Å². The van der Waals surface area contributed by atoms with Crippen LogP contribution in [0.25, 0.3) is 0 Å². The smallest absolute Gasteiger partial charge is 0.0233 e. The predicted octanol–water partition coefficient (Wildman–Crippen LogP) is 5.30. The molecule has 4 unspecified atom stereocenters. The van der Waals surface area contributed by atoms with Crippen molar-refractivity contribution in [3.05, 3.63) is 12.7 Å². The Labute approximate surface area is 103 Å². The second-order valence-corrected chi connectivity index (χ2v) is 6.25. The molecule has 0 spiro atoms. The lowest BCUT2D eigenvalue weighted by atomic mass is 9.67. The summed E-state index contributed by atoms with van der Waals surface area (Å²) < 4.78 is 0. The molecule has 1 aliphatic carbocycles. The van der Waals surface area contributed by atoms with Gasteiger partial charge in [-0.2, -0.15) is 0 Å². The van der Waals surface area contributed by atoms with E-state index in [-0.39, 0.29) is 0 Å². The molecule has 0 nitrogen and oxygen atoms in total. The van der Waals surface area contributed by atoms with Gasteiger partial charge in [0.05, 0.1) is 0 Å². The summed E-state index contributed by atoms with van der Waals surface area (Å²) in [5.41, 5.74) is 0. The molecule has 16 heavy (non-hydrogen) atoms. The van der Waals surface area contributed by atoms with Gasteiger partial charge >= 0.3 is 0 Å². The Morgan fingerprint density at radius 3 is 2.50 bits per heavy atom. The van der Waals surface area contributed by atoms with Crippen LogP contribution < -0.4 is 0 Å². The highest BCUT2D eigenvalue weighted by molar-refractivity contribution is 4.89. The third kappa shape index (κ3) is 3.64. The van der Waals surface area contributed by atoms with Gasteiger partial charge in [-0.3, -0.25) is 0 Å². The Bertz CT molecular complexity index is 204. The fourth-order valence-electron chi connectivity index (χ4n) is 3.51. The first kappa shape index (κ1) is 13.8. The molecule has 1 rings (SSSR count). The van der Waals surface area contributed by atoms with Crippen LogP contribution in [0.15, 0.2) is 12.7 Å². The van der Waals surface area contributed by atoms with Crippen molar-refractivity contribution in [1.29, 1.82) is 0 Å². The summed E-state index contributed by atoms with van der Waals surface area (Å²) in [7, 11) is 0. The summed E-state index contributed by atoms with van der Waals surface area (Å²) in [6, 6.07) is 0. The molecule has 1 saturated carbocycles. The third-order valence-corrected chi connectivity index (χ3v) is 4.54. The minimum absolute atomic E-state index is 0.794. The van der Waals surface area contributed by atoms with Crippen molar-refractivity contribution in [3.63, 3.8) is 0 Å². The molecule has 0 aromatic rings. The van der Waals surface area contributed by atoms with Gasteiger partial charge in [0, 0.05) is 0 Å². The van der Waals surface area contributed by atoms with E-state index < -0.39 is 0 Å². The van der Waals surface area contributed by atoms with Crippen LogP contribution >= 0.6 is 0 Å². The summed E-state index contributed by atoms with van der Waals surface area (Å²) in [5, 5.41) is 0. The van der Waals surface area contributed by atoms with Crippen molar-refractivity contribution in [2.45, 2.75) is 59.8 Å². The van der Waals surface area contributed by atoms with Gasteiger partial charge in [-0.1, -0.05) is 40.2 Å². The van der Waals surface area contributed by atoms with Crippen LogP contribution in [0.1, 0.15) is 59.8 Å². The first-order valence-electron chi connectivity index (χ1n) is 7.21. The number of hydrogen-bond donors (Lipinski definition) is 0. The van der Waals surface area contributed by atoms with Crippen molar-refractivity contribution in [3.8, 4) is 0 Å². The summed E-state index contributed by atoms with van der Waals surface area (Å²) >= 11 is 0. The summed E-state index contributed by atoms with van der Waals surface area (Å²) in [6.07, 6.45) is 9.15. The average Bonchev–Trinajstić information content (AvgIpc) is 2.26. The van der Waals surface area contributed by atoms with E-state index in [0.29, 0.717) is 0 Å². The van der Waals surface area contributed by atoms with Crippen molar-refractivity contribution in [1.82, 2.24) is 0 Å². The molecule has 0 radical (unpaired) electrons. The number of hydrogen-bond acceptors (Lipinski definition) is 0. The molecule has 0 saturated heterocycles. The molecule has 0 aromatic heterocycles. The van der Waals surface area contributed by atoms with Crippen molar-refractivity contribution >= 4 is 0 Å². The Balaban J connectivity index is 2.61. The Kier molecular flexibility index (Phi) is 5.58. The molecule has 0 heteroatoms. The molecule has 1 aliphatic rings. The molecule has 4 atom stereocenters. The van der Waals surface area contributed by atoms with Gasteiger partial charge in [-0.25, -0.2) is 0 Å². The van der Waals surface area contributed by atoms with Crippen molar-refractivity contribution in [2.75, 3.05) is 0 Å². The topological polar surface area (TPSA) is 0 Å². The van der Waals surface area contributed by atoms with E-state index in [4.69, 9.17) is 0 Å². The molecular weight excluding hydrogens is 192 g/mol. The van der Waals surface area contributed by atoms with Crippen molar-refractivity contribution in [2.24, 2.45) is 29.6 Å². The van der Waals surface area contributed by atoms with Crippen LogP contribution in [0.4, 0.5) is 0 Å². The zero-order valence-electron chi connectivity index (χ0n) is 11.7. The molecule has 0 aromatic carbocycles. The maximum Gasteiger partial charge on any atom is -0.0233 e. The zero-order valence-corrected chi connectivity index (χ0v) is 11.7. The maximum atomic E-state index is 3.99. The van der Waals surface area contributed by atoms with E-state index >= 15 is 0 Å². The number of allylic oxidation sites excluding steroid dienone is 1. The van der Waals surface area contributed by atoms with Crippen LogP contribution in [0, 0.1) is 29.6 Å². The first-order valence-corrected chi connectivity index (χ1v) is 7.21. The predicted molar refractivity (Wildman–Crippen MR) is 73.4 cm³/mol. The highest BCUT2D eigenvalue weighted by Crippen LogP contribution is 2.41. The third-order valence-electron chi connectivity index (χ3n) is 4.54. The second kappa shape index (κ2) is 6.47. The molecule has 0 bridgehead atoms. The average molecular weight is 222 g/mol. The van der Waals surface area contributed by atoms with Crippen LogP contribution in [0.5, 0.6) is 0 Å². The second-order valence-electron chi connectivity index (χ2n) is 6.25. The molecule has 1 fully saturated rings. The van der Waals surface area contributed by atoms with E-state index in [1.807, 2.05) is 0 Å². The highest BCUT2D eigenvalue weighted by atomic mass is 14.4. The van der Waals surface area contributed by atoms with Gasteiger partial charge in [0.15, 0.2) is 0 Å². The van der Waals surface area contributed by atoms with E-state index in [2.05, 4.69) is 40.3 Å². The fourth-order valence-corrected chi connectivity index (χ4v) is 3.51. The van der Waals surface area contributed by atoms with Gasteiger partial charge < -0.3 is 0 Å². The molecule has 0 N–H and O–H groups in total. The van der Waals surface area contributed by atoms with Crippen LogP contribution in [-0.2, 0) is 0 Å². The lowest BCUT2D eigenvalue weighted by Gasteiger charge is -2.38. The van der Waals surface area contributed by atoms with Gasteiger partial charge in [0.1, 0.15) is 0 Å². The molecule has 0 amide bonds. The zero-order chi connectivity index (χ0) is 12.1. The molecule has 94 valence electrons. The minimum atomic E-state index is 0.794. The van der Waals surface area contributed by atoms with E-state index in [0.717, 1.165) is 29.6 Å². The first-order chi connectivity index (χ1) is 7.58. The lowest BCUT2D eigenvalue weighted by molar-refractivity contribution is 0.129. The van der Waals surface area contributed by atoms with Gasteiger partial charge in [0.25, 0.3) is 0 Å². The maximum absolute atomic E-state index is 3.99. The standard InChI is InChI=1S/C16H30/c1-6-14-9-8-13(5)16(11-14)15(7-2)10-12(3)4/h6,12-16H,1,7-11H2,2-5H3. The Hall–Kier alpha value is -0.260. The van der Waals surface area contributed by atoms with E-state index in [1.54, 1.807) is 0 Å². The molecule has 0 heterocycles. The van der Waals surface area contributed by atoms with Gasteiger partial charge in [-0.15, -0.1) is 6.58 Å². The molecular formula is C16H30. The largest absolute Gasteiger partial charge is 0.103 e. The van der Waals surface area contributed by atoms with Crippen LogP contribution in [-0.4, -0.2) is 0 Å². The summed E-state index contributed by atoms with van der Waals surface area (Å²) in [4.78, 5) is 0. The fraction of sp³-hybridized carbons (Fsp3) is 0.875. The lowest BCUT2D eigenvalue weighted by Crippen LogP contribution is -2.29. The quantitative estimate of drug-likeness (QED) is 0.554. The van der Waals surface area contributed by atoms with Crippen LogP contribution in [0.3, 0.4) is 0 Å². The molecule has 0 aliphatic heterocycles. The highest BCUT2D eigenvalue weighted by Gasteiger charge is 2.31. The SMILES string of the molecule is C=CC1CCC(C)C(C(CC)CC(C)C)C1. The normalized spacial score (nSPS) is 32.7. The Morgan fingerprint density at radius 1 is 1.31 bits per heavy atom. The van der Waals surface area contributed by atoms with E-state index in [1.165, 1.54) is 32.1 Å². The summed E-state index contributed by atoms with van der Waals surface area (Å²) in [5.74, 6) is 4.46. The van der Waals surface area contributed by atoms with Gasteiger partial charge in [-0.05, 0) is 55.3 Å².